The molecule has 0 aliphatic carbocycles. The lowest BCUT2D eigenvalue weighted by molar-refractivity contribution is -0.125. The van der Waals surface area contributed by atoms with Gasteiger partial charge in [0.05, 0.1) is 23.5 Å². The first-order valence-corrected chi connectivity index (χ1v) is 6.85. The number of carbonyl (C=O) groups excluding carboxylic acids is 1. The van der Waals surface area contributed by atoms with Gasteiger partial charge in [-0.3, -0.25) is 4.79 Å². The third-order valence-electron chi connectivity index (χ3n) is 3.59. The molecule has 1 saturated heterocycles. The van der Waals surface area contributed by atoms with Crippen LogP contribution in [0, 0.1) is 11.7 Å². The van der Waals surface area contributed by atoms with Crippen LogP contribution in [0.3, 0.4) is 0 Å². The zero-order valence-electron chi connectivity index (χ0n) is 11.9. The maximum atomic E-state index is 13.1. The molecule has 1 amide bonds. The summed E-state index contributed by atoms with van der Waals surface area (Å²) in [5.74, 6) is 0.419. The Morgan fingerprint density at radius 1 is 1.41 bits per heavy atom. The molecule has 0 bridgehead atoms. The molecule has 3 rings (SSSR count). The Balaban J connectivity index is 0.00000121. The molecule has 122 valence electrons. The summed E-state index contributed by atoms with van der Waals surface area (Å²) in [4.78, 5) is 19.3. The maximum absolute atomic E-state index is 13.1. The summed E-state index contributed by atoms with van der Waals surface area (Å²) in [7, 11) is 0. The molecule has 8 heteroatoms. The minimum Gasteiger partial charge on any atom is -0.349 e. The monoisotopic (exact) mass is 348 g/mol. The summed E-state index contributed by atoms with van der Waals surface area (Å²) >= 11 is 0. The summed E-state index contributed by atoms with van der Waals surface area (Å²) in [6.45, 7) is 2.06. The van der Waals surface area contributed by atoms with Crippen LogP contribution in [-0.4, -0.2) is 29.0 Å². The molecule has 0 saturated carbocycles. The van der Waals surface area contributed by atoms with Crippen LogP contribution in [0.1, 0.15) is 18.7 Å². The van der Waals surface area contributed by atoms with E-state index in [9.17, 15) is 9.18 Å². The number of imidazole rings is 1. The van der Waals surface area contributed by atoms with Gasteiger partial charge in [0.15, 0.2) is 0 Å². The van der Waals surface area contributed by atoms with Gasteiger partial charge in [0.2, 0.25) is 5.91 Å². The quantitative estimate of drug-likeness (QED) is 0.795. The van der Waals surface area contributed by atoms with Crippen LogP contribution < -0.4 is 10.6 Å². The molecule has 0 radical (unpaired) electrons. The van der Waals surface area contributed by atoms with E-state index in [0.717, 1.165) is 25.9 Å². The lowest BCUT2D eigenvalue weighted by Crippen LogP contribution is -2.40. The highest BCUT2D eigenvalue weighted by molar-refractivity contribution is 5.85. The van der Waals surface area contributed by atoms with Crippen molar-refractivity contribution in [3.63, 3.8) is 0 Å². The number of aromatic amines is 1. The number of hydrogen-bond donors (Lipinski definition) is 3. The fourth-order valence-electron chi connectivity index (χ4n) is 2.51. The van der Waals surface area contributed by atoms with Crippen molar-refractivity contribution in [2.24, 2.45) is 5.92 Å². The predicted octanol–water partition coefficient (Wildman–Crippen LogP) is 2.16. The second-order valence-corrected chi connectivity index (χ2v) is 5.11. The molecule has 1 aliphatic heterocycles. The average Bonchev–Trinajstić information content (AvgIpc) is 2.87. The molecular formula is C14H19Cl2FN4O. The van der Waals surface area contributed by atoms with Crippen LogP contribution in [0.5, 0.6) is 0 Å². The molecule has 3 N–H and O–H groups in total. The summed E-state index contributed by atoms with van der Waals surface area (Å²) in [5.41, 5.74) is 1.35. The number of aromatic nitrogens is 2. The van der Waals surface area contributed by atoms with Gasteiger partial charge in [0, 0.05) is 6.54 Å². The third kappa shape index (κ3) is 4.32. The molecule has 2 heterocycles. The van der Waals surface area contributed by atoms with E-state index in [4.69, 9.17) is 0 Å². The summed E-state index contributed by atoms with van der Waals surface area (Å²) in [6, 6.07) is 4.40. The first-order chi connectivity index (χ1) is 9.72. The molecule has 0 spiro atoms. The van der Waals surface area contributed by atoms with Crippen LogP contribution in [0.15, 0.2) is 18.2 Å². The largest absolute Gasteiger partial charge is 0.349 e. The van der Waals surface area contributed by atoms with Gasteiger partial charge in [0.25, 0.3) is 0 Å². The van der Waals surface area contributed by atoms with Crippen molar-refractivity contribution in [3.8, 4) is 0 Å². The molecule has 1 aromatic heterocycles. The molecule has 1 fully saturated rings. The van der Waals surface area contributed by atoms with E-state index in [0.29, 0.717) is 23.4 Å². The van der Waals surface area contributed by atoms with Crippen molar-refractivity contribution in [1.29, 1.82) is 0 Å². The third-order valence-corrected chi connectivity index (χ3v) is 3.59. The van der Waals surface area contributed by atoms with Crippen molar-refractivity contribution in [3.05, 3.63) is 29.8 Å². The van der Waals surface area contributed by atoms with E-state index in [-0.39, 0.29) is 42.5 Å². The lowest BCUT2D eigenvalue weighted by Gasteiger charge is -2.21. The standard InChI is InChI=1S/C14H17FN4O.2ClH/c15-10-3-4-11-12(6-10)19-13(18-11)8-17-14(20)9-2-1-5-16-7-9;;/h3-4,6,9,16H,1-2,5,7-8H2,(H,17,20)(H,18,19);2*1H. The first-order valence-electron chi connectivity index (χ1n) is 6.85. The molecule has 1 aromatic carbocycles. The van der Waals surface area contributed by atoms with Crippen molar-refractivity contribution in [2.75, 3.05) is 13.1 Å². The number of carbonyl (C=O) groups is 1. The van der Waals surface area contributed by atoms with E-state index in [1.54, 1.807) is 6.07 Å². The van der Waals surface area contributed by atoms with E-state index < -0.39 is 0 Å². The molecular weight excluding hydrogens is 330 g/mol. The Hall–Kier alpha value is -1.37. The number of rotatable bonds is 3. The Morgan fingerprint density at radius 2 is 2.23 bits per heavy atom. The van der Waals surface area contributed by atoms with Gasteiger partial charge in [-0.15, -0.1) is 24.8 Å². The number of hydrogen-bond acceptors (Lipinski definition) is 3. The lowest BCUT2D eigenvalue weighted by atomic mass is 9.99. The van der Waals surface area contributed by atoms with Gasteiger partial charge in [-0.2, -0.15) is 0 Å². The summed E-state index contributed by atoms with van der Waals surface area (Å²) in [5, 5.41) is 6.09. The molecule has 2 aromatic rings. The van der Waals surface area contributed by atoms with Crippen molar-refractivity contribution in [2.45, 2.75) is 19.4 Å². The van der Waals surface area contributed by atoms with Crippen molar-refractivity contribution in [1.82, 2.24) is 20.6 Å². The molecule has 5 nitrogen and oxygen atoms in total. The number of nitrogens with one attached hydrogen (secondary N) is 3. The van der Waals surface area contributed by atoms with Gasteiger partial charge in [0.1, 0.15) is 11.6 Å². The smallest absolute Gasteiger partial charge is 0.224 e. The first kappa shape index (κ1) is 18.7. The highest BCUT2D eigenvalue weighted by atomic mass is 35.5. The van der Waals surface area contributed by atoms with Crippen LogP contribution in [0.25, 0.3) is 11.0 Å². The van der Waals surface area contributed by atoms with E-state index in [1.165, 1.54) is 12.1 Å². The second kappa shape index (κ2) is 8.31. The Labute approximate surface area is 140 Å². The fourth-order valence-corrected chi connectivity index (χ4v) is 2.51. The zero-order chi connectivity index (χ0) is 13.9. The van der Waals surface area contributed by atoms with Crippen LogP contribution in [0.2, 0.25) is 0 Å². The van der Waals surface area contributed by atoms with Gasteiger partial charge in [-0.25, -0.2) is 9.37 Å². The molecule has 1 unspecified atom stereocenters. The maximum Gasteiger partial charge on any atom is 0.224 e. The zero-order valence-corrected chi connectivity index (χ0v) is 13.5. The summed E-state index contributed by atoms with van der Waals surface area (Å²) in [6.07, 6.45) is 1.95. The SMILES string of the molecule is Cl.Cl.O=C(NCc1nc2ccc(F)cc2[nH]1)C1CCCNC1. The fraction of sp³-hybridized carbons (Fsp3) is 0.429. The van der Waals surface area contributed by atoms with E-state index >= 15 is 0 Å². The molecule has 1 aliphatic rings. The number of nitrogens with zero attached hydrogens (tertiary/aromatic N) is 1. The number of piperidine rings is 1. The Morgan fingerprint density at radius 3 is 2.95 bits per heavy atom. The second-order valence-electron chi connectivity index (χ2n) is 5.11. The number of H-pyrrole nitrogens is 1. The van der Waals surface area contributed by atoms with Gasteiger partial charge < -0.3 is 15.6 Å². The van der Waals surface area contributed by atoms with Crippen LogP contribution in [-0.2, 0) is 11.3 Å². The van der Waals surface area contributed by atoms with E-state index in [2.05, 4.69) is 20.6 Å². The minimum atomic E-state index is -0.301. The molecule has 1 atom stereocenters. The van der Waals surface area contributed by atoms with E-state index in [1.807, 2.05) is 0 Å². The van der Waals surface area contributed by atoms with Crippen LogP contribution >= 0.6 is 24.8 Å². The highest BCUT2D eigenvalue weighted by Crippen LogP contribution is 2.13. The van der Waals surface area contributed by atoms with Gasteiger partial charge >= 0.3 is 0 Å². The normalized spacial score (nSPS) is 17.4. The number of fused-ring (bicyclic) bond motifs is 1. The topological polar surface area (TPSA) is 69.8 Å². The van der Waals surface area contributed by atoms with Gasteiger partial charge in [-0.05, 0) is 37.6 Å². The predicted molar refractivity (Wildman–Crippen MR) is 88.0 cm³/mol. The summed E-state index contributed by atoms with van der Waals surface area (Å²) < 4.78 is 13.1. The highest BCUT2D eigenvalue weighted by Gasteiger charge is 2.20. The van der Waals surface area contributed by atoms with Gasteiger partial charge in [-0.1, -0.05) is 0 Å². The Kier molecular flexibility index (Phi) is 7.06. The molecule has 22 heavy (non-hydrogen) atoms. The minimum absolute atomic E-state index is 0. The van der Waals surface area contributed by atoms with Crippen molar-refractivity contribution < 1.29 is 9.18 Å². The average molecular weight is 349 g/mol. The van der Waals surface area contributed by atoms with Crippen molar-refractivity contribution >= 4 is 41.8 Å². The number of amides is 1. The van der Waals surface area contributed by atoms with Crippen LogP contribution in [0.4, 0.5) is 4.39 Å². The Bertz CT molecular complexity index is 628. The number of benzene rings is 1. The number of halogens is 3.